The van der Waals surface area contributed by atoms with Crippen LogP contribution < -0.4 is 10.1 Å². The molecule has 0 bridgehead atoms. The number of carbonyl (C=O) groups excluding carboxylic acids is 1. The fraction of sp³-hybridized carbons (Fsp3) is 0.240. The van der Waals surface area contributed by atoms with Crippen LogP contribution in [0.4, 0.5) is 4.39 Å². The normalized spacial score (nSPS) is 9.90. The van der Waals surface area contributed by atoms with Crippen molar-refractivity contribution in [3.63, 3.8) is 0 Å². The molecule has 0 aliphatic carbocycles. The van der Waals surface area contributed by atoms with Crippen LogP contribution in [-0.2, 0) is 22.7 Å². The monoisotopic (exact) mass is 659 g/mol. The number of carboxylic acids is 2. The summed E-state index contributed by atoms with van der Waals surface area (Å²) < 4.78 is 21.1. The third-order valence-corrected chi connectivity index (χ3v) is 5.27. The molecule has 4 N–H and O–H groups in total. The molecule has 3 rings (SSSR count). The van der Waals surface area contributed by atoms with Crippen molar-refractivity contribution in [3.8, 4) is 17.6 Å². The number of aromatic nitrogens is 2. The first-order valence-electron chi connectivity index (χ1n) is 11.1. The summed E-state index contributed by atoms with van der Waals surface area (Å²) in [5, 5.41) is 26.8. The topological polar surface area (TPSA) is 169 Å². The Balaban J connectivity index is 0.000000883. The number of H-pyrrole nitrogens is 1. The molecule has 0 fully saturated rings. The number of carboxylic acid groups (broad SMARTS) is 2. The predicted octanol–water partition coefficient (Wildman–Crippen LogP) is 5.46. The summed E-state index contributed by atoms with van der Waals surface area (Å²) in [6, 6.07) is 9.15. The van der Waals surface area contributed by atoms with Gasteiger partial charge in [-0.3, -0.25) is 14.4 Å². The zero-order valence-electron chi connectivity index (χ0n) is 21.7. The van der Waals surface area contributed by atoms with Crippen molar-refractivity contribution in [2.75, 3.05) is 14.1 Å². The SMILES string of the molecule is CC(=O)O.CC(=O)O.CN(C)Cc1nc(C(=O)NCc2ccc(Cl)c(Oc3cc(Cl)cc(C#N)c3)c2F)c(Br)[nH]1. The smallest absolute Gasteiger partial charge is 0.300 e. The summed E-state index contributed by atoms with van der Waals surface area (Å²) in [7, 11) is 3.76. The van der Waals surface area contributed by atoms with Gasteiger partial charge in [-0.05, 0) is 54.3 Å². The molecule has 214 valence electrons. The van der Waals surface area contributed by atoms with Crippen LogP contribution in [0.3, 0.4) is 0 Å². The van der Waals surface area contributed by atoms with Gasteiger partial charge in [0.1, 0.15) is 16.2 Å². The highest BCUT2D eigenvalue weighted by Crippen LogP contribution is 2.35. The van der Waals surface area contributed by atoms with E-state index in [-0.39, 0.29) is 44.9 Å². The van der Waals surface area contributed by atoms with E-state index in [0.717, 1.165) is 13.8 Å². The van der Waals surface area contributed by atoms with Gasteiger partial charge < -0.3 is 30.2 Å². The van der Waals surface area contributed by atoms with Gasteiger partial charge in [-0.25, -0.2) is 9.37 Å². The van der Waals surface area contributed by atoms with Gasteiger partial charge in [-0.1, -0.05) is 29.3 Å². The molecule has 0 aliphatic rings. The zero-order chi connectivity index (χ0) is 30.6. The molecule has 3 aromatic rings. The largest absolute Gasteiger partial charge is 0.481 e. The van der Waals surface area contributed by atoms with Gasteiger partial charge in [0, 0.05) is 31.0 Å². The van der Waals surface area contributed by atoms with E-state index in [2.05, 4.69) is 31.2 Å². The van der Waals surface area contributed by atoms with E-state index < -0.39 is 23.7 Å². The van der Waals surface area contributed by atoms with E-state index in [0.29, 0.717) is 17.0 Å². The number of carbonyl (C=O) groups is 3. The molecule has 0 spiro atoms. The summed E-state index contributed by atoms with van der Waals surface area (Å²) in [6.45, 7) is 2.56. The van der Waals surface area contributed by atoms with Crippen LogP contribution in [0, 0.1) is 17.1 Å². The Morgan fingerprint density at radius 1 is 1.18 bits per heavy atom. The van der Waals surface area contributed by atoms with Gasteiger partial charge in [0.25, 0.3) is 17.8 Å². The molecule has 0 unspecified atom stereocenters. The fourth-order valence-electron chi connectivity index (χ4n) is 2.79. The Bertz CT molecular complexity index is 1390. The molecular formula is C25H25BrCl2FN5O6. The minimum atomic E-state index is -0.833. The third-order valence-electron chi connectivity index (χ3n) is 4.18. The minimum Gasteiger partial charge on any atom is -0.481 e. The molecule has 0 atom stereocenters. The summed E-state index contributed by atoms with van der Waals surface area (Å²) >= 11 is 15.4. The van der Waals surface area contributed by atoms with E-state index in [1.54, 1.807) is 0 Å². The summed E-state index contributed by atoms with van der Waals surface area (Å²) in [4.78, 5) is 39.7. The molecule has 0 radical (unpaired) electrons. The number of nitrogens with zero attached hydrogens (tertiary/aromatic N) is 3. The van der Waals surface area contributed by atoms with Crippen LogP contribution in [0.25, 0.3) is 0 Å². The molecule has 0 aliphatic heterocycles. The quantitative estimate of drug-likeness (QED) is 0.257. The molecule has 1 amide bonds. The molecule has 1 heterocycles. The number of imidazole rings is 1. The second kappa shape index (κ2) is 16.4. The highest BCUT2D eigenvalue weighted by Gasteiger charge is 2.19. The van der Waals surface area contributed by atoms with E-state index in [1.165, 1.54) is 30.3 Å². The molecule has 2 aromatic carbocycles. The Morgan fingerprint density at radius 2 is 1.77 bits per heavy atom. The number of rotatable bonds is 7. The Kier molecular flexibility index (Phi) is 14.1. The van der Waals surface area contributed by atoms with E-state index in [1.807, 2.05) is 25.1 Å². The maximum atomic E-state index is 15.1. The van der Waals surface area contributed by atoms with Crippen molar-refractivity contribution in [3.05, 3.63) is 73.4 Å². The number of ether oxygens (including phenoxy) is 1. The lowest BCUT2D eigenvalue weighted by atomic mass is 10.2. The lowest BCUT2D eigenvalue weighted by molar-refractivity contribution is -0.135. The summed E-state index contributed by atoms with van der Waals surface area (Å²) in [5.74, 6) is -2.36. The number of hydrogen-bond donors (Lipinski definition) is 4. The van der Waals surface area contributed by atoms with Gasteiger partial charge in [-0.15, -0.1) is 0 Å². The van der Waals surface area contributed by atoms with Crippen molar-refractivity contribution in [1.82, 2.24) is 20.2 Å². The summed E-state index contributed by atoms with van der Waals surface area (Å²) in [6.07, 6.45) is 0. The van der Waals surface area contributed by atoms with E-state index >= 15 is 4.39 Å². The Labute approximate surface area is 247 Å². The minimum absolute atomic E-state index is 0.0273. The number of halogens is 4. The second-order valence-corrected chi connectivity index (χ2v) is 9.68. The first-order valence-corrected chi connectivity index (χ1v) is 12.6. The first kappa shape index (κ1) is 34.3. The zero-order valence-corrected chi connectivity index (χ0v) is 24.8. The Morgan fingerprint density at radius 3 is 2.33 bits per heavy atom. The molecular weight excluding hydrogens is 636 g/mol. The van der Waals surface area contributed by atoms with Crippen LogP contribution in [0.5, 0.6) is 11.5 Å². The lowest BCUT2D eigenvalue weighted by Crippen LogP contribution is -2.24. The van der Waals surface area contributed by atoms with Crippen LogP contribution in [0.15, 0.2) is 34.9 Å². The second-order valence-electron chi connectivity index (χ2n) is 8.04. The van der Waals surface area contributed by atoms with Crippen molar-refractivity contribution < 1.29 is 33.7 Å². The van der Waals surface area contributed by atoms with Crippen molar-refractivity contribution >= 4 is 57.0 Å². The average molecular weight is 661 g/mol. The molecule has 40 heavy (non-hydrogen) atoms. The fourth-order valence-corrected chi connectivity index (χ4v) is 3.70. The average Bonchev–Trinajstić information content (AvgIpc) is 3.19. The van der Waals surface area contributed by atoms with Crippen molar-refractivity contribution in [2.24, 2.45) is 0 Å². The molecule has 11 nitrogen and oxygen atoms in total. The Hall–Kier alpha value is -3.70. The molecule has 0 saturated heterocycles. The number of nitrogens with one attached hydrogen (secondary N) is 2. The standard InChI is InChI=1S/C21H17BrCl2FN5O2.2C2H4O2/c1-30(2)10-16-28-18(20(22)29-16)21(31)27-9-12-3-4-15(24)19(17(12)25)32-14-6-11(8-26)5-13(23)7-14;2*1-2(3)4/h3-7H,9-10H2,1-2H3,(H,27,31)(H,28,29);2*1H3,(H,3,4). The van der Waals surface area contributed by atoms with Crippen LogP contribution >= 0.6 is 39.1 Å². The van der Waals surface area contributed by atoms with Gasteiger partial charge in [-0.2, -0.15) is 5.26 Å². The number of aromatic amines is 1. The van der Waals surface area contributed by atoms with E-state index in [4.69, 9.17) is 53.0 Å². The first-order chi connectivity index (χ1) is 18.6. The van der Waals surface area contributed by atoms with Crippen molar-refractivity contribution in [1.29, 1.82) is 5.26 Å². The van der Waals surface area contributed by atoms with Gasteiger partial charge in [0.15, 0.2) is 17.3 Å². The lowest BCUT2D eigenvalue weighted by Gasteiger charge is -2.13. The summed E-state index contributed by atoms with van der Waals surface area (Å²) in [5.41, 5.74) is 0.571. The molecule has 0 saturated carbocycles. The van der Waals surface area contributed by atoms with Gasteiger partial charge in [0.05, 0.1) is 23.2 Å². The highest BCUT2D eigenvalue weighted by molar-refractivity contribution is 9.10. The van der Waals surface area contributed by atoms with Crippen molar-refractivity contribution in [2.45, 2.75) is 26.9 Å². The number of hydrogen-bond acceptors (Lipinski definition) is 7. The van der Waals surface area contributed by atoms with Crippen LogP contribution in [0.1, 0.15) is 41.3 Å². The maximum absolute atomic E-state index is 15.1. The molecule has 15 heteroatoms. The predicted molar refractivity (Wildman–Crippen MR) is 149 cm³/mol. The van der Waals surface area contributed by atoms with Crippen LogP contribution in [-0.4, -0.2) is 57.0 Å². The van der Waals surface area contributed by atoms with E-state index in [9.17, 15) is 4.79 Å². The number of amides is 1. The highest BCUT2D eigenvalue weighted by atomic mass is 79.9. The van der Waals surface area contributed by atoms with Crippen LogP contribution in [0.2, 0.25) is 10.0 Å². The van der Waals surface area contributed by atoms with Gasteiger partial charge >= 0.3 is 0 Å². The number of aliphatic carboxylic acids is 2. The number of benzene rings is 2. The third kappa shape index (κ3) is 12.0. The molecule has 1 aromatic heterocycles. The number of nitriles is 1. The maximum Gasteiger partial charge on any atom is 0.300 e. The van der Waals surface area contributed by atoms with Gasteiger partial charge in [0.2, 0.25) is 0 Å².